The van der Waals surface area contributed by atoms with Crippen molar-refractivity contribution in [3.63, 3.8) is 0 Å². The second kappa shape index (κ2) is 16.4. The van der Waals surface area contributed by atoms with Crippen molar-refractivity contribution in [2.24, 2.45) is 0 Å². The van der Waals surface area contributed by atoms with Crippen molar-refractivity contribution in [2.75, 3.05) is 23.7 Å². The van der Waals surface area contributed by atoms with Gasteiger partial charge in [-0.25, -0.2) is 8.42 Å². The normalized spacial score (nSPS) is 14.5. The van der Waals surface area contributed by atoms with Crippen molar-refractivity contribution in [1.29, 1.82) is 0 Å². The summed E-state index contributed by atoms with van der Waals surface area (Å²) in [4.78, 5) is 14.9. The molecule has 0 aliphatic carbocycles. The number of benzene rings is 5. The first-order valence-corrected chi connectivity index (χ1v) is 18.3. The number of hydrogen-bond donors (Lipinski definition) is 2. The van der Waals surface area contributed by atoms with Gasteiger partial charge in [0.15, 0.2) is 0 Å². The Hall–Kier alpha value is -3.37. The van der Waals surface area contributed by atoms with Gasteiger partial charge >= 0.3 is 35.5 Å². The van der Waals surface area contributed by atoms with Gasteiger partial charge in [0.2, 0.25) is 10.0 Å². The van der Waals surface area contributed by atoms with Crippen molar-refractivity contribution >= 4 is 33.4 Å². The first-order chi connectivity index (χ1) is 22.9. The molecular weight excluding hydrogens is 648 g/mol. The summed E-state index contributed by atoms with van der Waals surface area (Å²) in [5.41, 5.74) is 5.23. The summed E-state index contributed by atoms with van der Waals surface area (Å²) in [5.74, 6) is -0.726. The number of carboxylic acid groups (broad SMARTS) is 1. The van der Waals surface area contributed by atoms with Gasteiger partial charge in [0.1, 0.15) is 6.04 Å². The van der Waals surface area contributed by atoms with Crippen LogP contribution >= 0.6 is 11.8 Å². The average molecular weight is 687 g/mol. The second-order valence-corrected chi connectivity index (χ2v) is 14.7. The molecule has 1 saturated heterocycles. The molecule has 5 aromatic rings. The number of carbonyl (C=O) groups is 1. The topological polar surface area (TPSA) is 86.7 Å². The molecule has 0 spiro atoms. The molecule has 0 bridgehead atoms. The van der Waals surface area contributed by atoms with Crippen LogP contribution in [0.1, 0.15) is 42.4 Å². The van der Waals surface area contributed by atoms with Crippen LogP contribution in [-0.2, 0) is 19.6 Å². The summed E-state index contributed by atoms with van der Waals surface area (Å²) in [5, 5.41) is 10.3. The molecule has 48 heavy (non-hydrogen) atoms. The van der Waals surface area contributed by atoms with E-state index in [1.807, 2.05) is 109 Å². The van der Waals surface area contributed by atoms with Crippen LogP contribution in [0, 0.1) is 0 Å². The van der Waals surface area contributed by atoms with E-state index in [1.165, 1.54) is 17.3 Å². The second-order valence-electron chi connectivity index (χ2n) is 11.8. The molecule has 0 aromatic heterocycles. The van der Waals surface area contributed by atoms with E-state index in [-0.39, 0.29) is 41.6 Å². The van der Waals surface area contributed by atoms with E-state index in [1.54, 1.807) is 12.1 Å². The summed E-state index contributed by atoms with van der Waals surface area (Å²) in [6, 6.07) is 45.7. The smallest absolute Gasteiger partial charge is 1.00 e. The number of anilines is 1. The van der Waals surface area contributed by atoms with Crippen molar-refractivity contribution < 1.29 is 49.3 Å². The molecule has 1 aliphatic heterocycles. The molecule has 0 amide bonds. The van der Waals surface area contributed by atoms with Gasteiger partial charge in [-0.05, 0) is 65.3 Å². The minimum Gasteiger partial charge on any atom is -1.00 e. The molecule has 0 saturated carbocycles. The number of nitrogens with one attached hydrogen (secondary N) is 1. The summed E-state index contributed by atoms with van der Waals surface area (Å²) >= 11 is 1.41. The Balaban J connectivity index is 0.00000270. The van der Waals surface area contributed by atoms with Crippen LogP contribution in [-0.4, -0.2) is 44.4 Å². The van der Waals surface area contributed by atoms with Gasteiger partial charge in [0.05, 0.1) is 9.64 Å². The van der Waals surface area contributed by atoms with Crippen molar-refractivity contribution in [3.8, 4) is 0 Å². The van der Waals surface area contributed by atoms with Gasteiger partial charge in [0.25, 0.3) is 0 Å². The third-order valence-electron chi connectivity index (χ3n) is 8.88. The molecule has 6 nitrogen and oxygen atoms in total. The summed E-state index contributed by atoms with van der Waals surface area (Å²) in [7, 11) is -4.12. The van der Waals surface area contributed by atoms with E-state index in [9.17, 15) is 18.3 Å². The third-order valence-corrected chi connectivity index (χ3v) is 12.0. The fourth-order valence-electron chi connectivity index (χ4n) is 6.42. The molecular formula is C39H39N2NaO4S2. The monoisotopic (exact) mass is 686 g/mol. The zero-order valence-electron chi connectivity index (χ0n) is 28.0. The largest absolute Gasteiger partial charge is 1.00 e. The Morgan fingerprint density at radius 2 is 1.19 bits per heavy atom. The third kappa shape index (κ3) is 8.08. The van der Waals surface area contributed by atoms with Gasteiger partial charge in [-0.1, -0.05) is 121 Å². The fourth-order valence-corrected chi connectivity index (χ4v) is 9.27. The van der Waals surface area contributed by atoms with Crippen LogP contribution in [0.5, 0.6) is 0 Å². The fraction of sp³-hybridized carbons (Fsp3) is 0.205. The Labute approximate surface area is 311 Å². The van der Waals surface area contributed by atoms with Gasteiger partial charge in [0, 0.05) is 24.5 Å². The number of rotatable bonds is 12. The summed E-state index contributed by atoms with van der Waals surface area (Å²) in [6.45, 7) is 1.77. The number of aliphatic carboxylic acids is 1. The molecule has 1 fully saturated rings. The Bertz CT molecular complexity index is 1760. The van der Waals surface area contributed by atoms with Crippen molar-refractivity contribution in [3.05, 3.63) is 168 Å². The zero-order chi connectivity index (χ0) is 32.7. The quantitative estimate of drug-likeness (QED) is 0.147. The number of thioether (sulfide) groups is 1. The molecule has 1 atom stereocenters. The molecule has 1 aliphatic rings. The predicted octanol–water partition coefficient (Wildman–Crippen LogP) is 4.64. The Morgan fingerprint density at radius 3 is 1.62 bits per heavy atom. The molecule has 2 N–H and O–H groups in total. The molecule has 242 valence electrons. The van der Waals surface area contributed by atoms with Crippen molar-refractivity contribution in [2.45, 2.75) is 34.4 Å². The van der Waals surface area contributed by atoms with E-state index in [2.05, 4.69) is 33.9 Å². The molecule has 6 rings (SSSR count). The van der Waals surface area contributed by atoms with Gasteiger partial charge in [-0.3, -0.25) is 4.79 Å². The maximum absolute atomic E-state index is 13.6. The van der Waals surface area contributed by atoms with Gasteiger partial charge in [-0.15, -0.1) is 11.8 Å². The van der Waals surface area contributed by atoms with Gasteiger partial charge in [-0.2, -0.15) is 4.72 Å². The standard InChI is InChI=1S/C39H38N2O4S2.Na.H/c42-38(43)37(29-46-39(32-15-7-2-8-16-32,33-17-9-3-10-18-33)34-19-11-4-12-20-34)40-47(44,45)36-23-21-35(22-24-36)41-27-25-31(26-28-41)30-13-5-1-6-14-30;;/h1-24,31,37,40H,25-29H2,(H,42,43);;/q;+1;-1. The summed E-state index contributed by atoms with van der Waals surface area (Å²) < 4.78 is 28.9. The first kappa shape index (κ1) is 35.9. The first-order valence-electron chi connectivity index (χ1n) is 15.8. The maximum Gasteiger partial charge on any atom is 1.00 e. The molecule has 5 aromatic carbocycles. The number of nitrogens with zero attached hydrogens (tertiary/aromatic N) is 1. The van der Waals surface area contributed by atoms with Gasteiger partial charge < -0.3 is 11.4 Å². The summed E-state index contributed by atoms with van der Waals surface area (Å²) in [6.07, 6.45) is 2.06. The number of carboxylic acids is 1. The van der Waals surface area contributed by atoms with E-state index in [4.69, 9.17) is 0 Å². The molecule has 1 unspecified atom stereocenters. The molecule has 1 heterocycles. The number of piperidine rings is 1. The van der Waals surface area contributed by atoms with Crippen LogP contribution < -0.4 is 39.2 Å². The number of sulfonamides is 1. The Morgan fingerprint density at radius 1 is 0.750 bits per heavy atom. The van der Waals surface area contributed by atoms with Crippen LogP contribution in [0.15, 0.2) is 150 Å². The van der Waals surface area contributed by atoms with Crippen LogP contribution in [0.3, 0.4) is 0 Å². The van der Waals surface area contributed by atoms with Crippen LogP contribution in [0.25, 0.3) is 0 Å². The predicted molar refractivity (Wildman–Crippen MR) is 192 cm³/mol. The molecule has 9 heteroatoms. The average Bonchev–Trinajstić information content (AvgIpc) is 3.13. The molecule has 0 radical (unpaired) electrons. The van der Waals surface area contributed by atoms with Crippen LogP contribution in [0.4, 0.5) is 5.69 Å². The zero-order valence-corrected chi connectivity index (χ0v) is 30.6. The maximum atomic E-state index is 13.6. The van der Waals surface area contributed by atoms with Crippen LogP contribution in [0.2, 0.25) is 0 Å². The van der Waals surface area contributed by atoms with E-state index in [0.717, 1.165) is 48.3 Å². The van der Waals surface area contributed by atoms with Crippen molar-refractivity contribution in [1.82, 2.24) is 4.72 Å². The minimum atomic E-state index is -4.12. The Kier molecular flexibility index (Phi) is 12.2. The van der Waals surface area contributed by atoms with E-state index in [0.29, 0.717) is 5.92 Å². The number of hydrogen-bond acceptors (Lipinski definition) is 5. The van der Waals surface area contributed by atoms with E-state index >= 15 is 0 Å². The van der Waals surface area contributed by atoms with E-state index < -0.39 is 26.8 Å². The minimum absolute atomic E-state index is 0. The SMILES string of the molecule is O=C(O)C(CSC(c1ccccc1)(c1ccccc1)c1ccccc1)NS(=O)(=O)c1ccc(N2CCC(c3ccccc3)CC2)cc1.[H-].[Na+].